The highest BCUT2D eigenvalue weighted by Crippen LogP contribution is 2.19. The predicted octanol–water partition coefficient (Wildman–Crippen LogP) is 6.32. The minimum Gasteiger partial charge on any atom is -0.252 e. The van der Waals surface area contributed by atoms with E-state index in [4.69, 9.17) is 20.5 Å². The topological polar surface area (TPSA) is 72.3 Å². The van der Waals surface area contributed by atoms with Gasteiger partial charge in [0.25, 0.3) is 0 Å². The van der Waals surface area contributed by atoms with E-state index in [0.717, 1.165) is 42.1 Å². The third kappa shape index (κ3) is 5.74. The van der Waals surface area contributed by atoms with Gasteiger partial charge in [0.1, 0.15) is 0 Å². The van der Waals surface area contributed by atoms with Gasteiger partial charge in [-0.15, -0.1) is 0 Å². The number of aryl methyl sites for hydroxylation is 1. The summed E-state index contributed by atoms with van der Waals surface area (Å²) in [4.78, 5) is 9.69. The largest absolute Gasteiger partial charge is 0.252 e. The van der Waals surface area contributed by atoms with E-state index in [9.17, 15) is 0 Å². The van der Waals surface area contributed by atoms with Crippen LogP contribution in [0.4, 0.5) is 11.4 Å². The number of aliphatic imine (C=N–C) groups is 2. The average molecular weight is 390 g/mol. The molecule has 3 rings (SSSR count). The Kier molecular flexibility index (Phi) is 7.25. The SMILES string of the molecule is CCC(=Nc1ccc(C#N)cc1)C(CCc1ccccc1)=Nc1ccc(C#N)cc1. The molecule has 146 valence electrons. The summed E-state index contributed by atoms with van der Waals surface area (Å²) in [7, 11) is 0. The van der Waals surface area contributed by atoms with Gasteiger partial charge in [-0.2, -0.15) is 10.5 Å². The number of hydrogen-bond donors (Lipinski definition) is 0. The maximum absolute atomic E-state index is 9.02. The highest BCUT2D eigenvalue weighted by atomic mass is 14.8. The van der Waals surface area contributed by atoms with E-state index >= 15 is 0 Å². The molecule has 0 bridgehead atoms. The molecule has 0 unspecified atom stereocenters. The molecule has 0 aliphatic heterocycles. The minimum absolute atomic E-state index is 0.613. The molecule has 0 radical (unpaired) electrons. The number of nitriles is 2. The van der Waals surface area contributed by atoms with Crippen molar-refractivity contribution in [1.82, 2.24) is 0 Å². The van der Waals surface area contributed by atoms with E-state index in [2.05, 4.69) is 31.2 Å². The minimum atomic E-state index is 0.613. The standard InChI is InChI=1S/C26H22N4/c1-2-25(29-23-13-8-21(18-27)9-14-23)26(17-12-20-6-4-3-5-7-20)30-24-15-10-22(19-28)11-16-24/h3-11,13-16H,2,12,17H2,1H3. The summed E-state index contributed by atoms with van der Waals surface area (Å²) in [6.07, 6.45) is 2.36. The molecule has 0 aromatic heterocycles. The van der Waals surface area contributed by atoms with Crippen molar-refractivity contribution in [3.63, 3.8) is 0 Å². The van der Waals surface area contributed by atoms with Crippen LogP contribution in [0.2, 0.25) is 0 Å². The number of rotatable bonds is 7. The van der Waals surface area contributed by atoms with Crippen LogP contribution in [0.1, 0.15) is 36.5 Å². The highest BCUT2D eigenvalue weighted by Gasteiger charge is 2.10. The molecule has 0 aliphatic carbocycles. The molecular weight excluding hydrogens is 368 g/mol. The first-order chi connectivity index (χ1) is 14.7. The quantitative estimate of drug-likeness (QED) is 0.443. The third-order valence-electron chi connectivity index (χ3n) is 4.68. The lowest BCUT2D eigenvalue weighted by atomic mass is 10.0. The van der Waals surface area contributed by atoms with Crippen molar-refractivity contribution in [2.24, 2.45) is 9.98 Å². The third-order valence-corrected chi connectivity index (χ3v) is 4.68. The number of hydrogen-bond acceptors (Lipinski definition) is 4. The average Bonchev–Trinajstić information content (AvgIpc) is 2.82. The Balaban J connectivity index is 1.94. The van der Waals surface area contributed by atoms with Crippen LogP contribution < -0.4 is 0 Å². The summed E-state index contributed by atoms with van der Waals surface area (Å²) in [5, 5.41) is 18.0. The molecule has 0 atom stereocenters. The van der Waals surface area contributed by atoms with Crippen LogP contribution in [0.25, 0.3) is 0 Å². The molecule has 0 spiro atoms. The molecule has 4 nitrogen and oxygen atoms in total. The van der Waals surface area contributed by atoms with E-state index in [0.29, 0.717) is 11.1 Å². The van der Waals surface area contributed by atoms with Crippen molar-refractivity contribution in [2.75, 3.05) is 0 Å². The van der Waals surface area contributed by atoms with Crippen molar-refractivity contribution in [2.45, 2.75) is 26.2 Å². The fraction of sp³-hybridized carbons (Fsp3) is 0.154. The Morgan fingerprint density at radius 1 is 0.700 bits per heavy atom. The molecule has 0 aliphatic rings. The van der Waals surface area contributed by atoms with Gasteiger partial charge < -0.3 is 0 Å². The lowest BCUT2D eigenvalue weighted by Gasteiger charge is -2.10. The predicted molar refractivity (Wildman–Crippen MR) is 122 cm³/mol. The molecule has 0 heterocycles. The number of benzene rings is 3. The maximum Gasteiger partial charge on any atom is 0.0991 e. The summed E-state index contributed by atoms with van der Waals surface area (Å²) in [5.74, 6) is 0. The molecule has 0 N–H and O–H groups in total. The molecule has 3 aromatic carbocycles. The summed E-state index contributed by atoms with van der Waals surface area (Å²) < 4.78 is 0. The van der Waals surface area contributed by atoms with Crippen molar-refractivity contribution < 1.29 is 0 Å². The van der Waals surface area contributed by atoms with Gasteiger partial charge in [-0.25, -0.2) is 0 Å². The first-order valence-electron chi connectivity index (χ1n) is 9.91. The Morgan fingerprint density at radius 3 is 1.67 bits per heavy atom. The Labute approximate surface area is 177 Å². The zero-order chi connectivity index (χ0) is 21.2. The van der Waals surface area contributed by atoms with Crippen molar-refractivity contribution in [3.05, 3.63) is 95.6 Å². The van der Waals surface area contributed by atoms with Crippen LogP contribution in [0, 0.1) is 22.7 Å². The second-order valence-electron chi connectivity index (χ2n) is 6.77. The smallest absolute Gasteiger partial charge is 0.0991 e. The maximum atomic E-state index is 9.02. The van der Waals surface area contributed by atoms with Crippen LogP contribution in [0.3, 0.4) is 0 Å². The highest BCUT2D eigenvalue weighted by molar-refractivity contribution is 6.43. The first-order valence-corrected chi connectivity index (χ1v) is 9.91. The normalized spacial score (nSPS) is 11.6. The van der Waals surface area contributed by atoms with E-state index in [1.165, 1.54) is 5.56 Å². The Bertz CT molecular complexity index is 1110. The van der Waals surface area contributed by atoms with Gasteiger partial charge in [0.05, 0.1) is 46.1 Å². The van der Waals surface area contributed by atoms with Gasteiger partial charge in [0.2, 0.25) is 0 Å². The molecule has 0 saturated heterocycles. The molecule has 0 amide bonds. The zero-order valence-electron chi connectivity index (χ0n) is 16.9. The van der Waals surface area contributed by atoms with Gasteiger partial charge in [-0.05, 0) is 73.4 Å². The first kappa shape index (κ1) is 20.7. The van der Waals surface area contributed by atoms with E-state index < -0.39 is 0 Å². The molecule has 30 heavy (non-hydrogen) atoms. The zero-order valence-corrected chi connectivity index (χ0v) is 16.9. The molecule has 4 heteroatoms. The summed E-state index contributed by atoms with van der Waals surface area (Å²) in [6.45, 7) is 2.07. The summed E-state index contributed by atoms with van der Waals surface area (Å²) >= 11 is 0. The second-order valence-corrected chi connectivity index (χ2v) is 6.77. The molecular formula is C26H22N4. The monoisotopic (exact) mass is 390 g/mol. The van der Waals surface area contributed by atoms with Crippen LogP contribution in [0.5, 0.6) is 0 Å². The summed E-state index contributed by atoms with van der Waals surface area (Å²) in [6, 6.07) is 29.1. The Hall–Kier alpha value is -4.02. The molecule has 0 saturated carbocycles. The molecule has 3 aromatic rings. The lowest BCUT2D eigenvalue weighted by molar-refractivity contribution is 1.04. The van der Waals surface area contributed by atoms with E-state index in [-0.39, 0.29) is 0 Å². The van der Waals surface area contributed by atoms with Crippen molar-refractivity contribution in [3.8, 4) is 12.1 Å². The lowest BCUT2D eigenvalue weighted by Crippen LogP contribution is -2.14. The van der Waals surface area contributed by atoms with E-state index in [1.807, 2.05) is 42.5 Å². The number of nitrogens with zero attached hydrogens (tertiary/aromatic N) is 4. The van der Waals surface area contributed by atoms with Crippen LogP contribution in [0.15, 0.2) is 88.8 Å². The second kappa shape index (κ2) is 10.5. The molecule has 0 fully saturated rings. The van der Waals surface area contributed by atoms with Gasteiger partial charge in [0, 0.05) is 0 Å². The fourth-order valence-corrected chi connectivity index (χ4v) is 3.05. The summed E-state index contributed by atoms with van der Waals surface area (Å²) in [5.41, 5.74) is 5.93. The Morgan fingerprint density at radius 2 is 1.20 bits per heavy atom. The van der Waals surface area contributed by atoms with Crippen LogP contribution in [-0.2, 0) is 6.42 Å². The van der Waals surface area contributed by atoms with Gasteiger partial charge in [0.15, 0.2) is 0 Å². The van der Waals surface area contributed by atoms with Gasteiger partial charge in [-0.1, -0.05) is 37.3 Å². The van der Waals surface area contributed by atoms with Crippen LogP contribution in [-0.4, -0.2) is 11.4 Å². The fourth-order valence-electron chi connectivity index (χ4n) is 3.05. The van der Waals surface area contributed by atoms with Gasteiger partial charge >= 0.3 is 0 Å². The van der Waals surface area contributed by atoms with Crippen molar-refractivity contribution in [1.29, 1.82) is 10.5 Å². The van der Waals surface area contributed by atoms with Gasteiger partial charge in [-0.3, -0.25) is 9.98 Å². The van der Waals surface area contributed by atoms with E-state index in [1.54, 1.807) is 24.3 Å². The van der Waals surface area contributed by atoms with Crippen molar-refractivity contribution >= 4 is 22.8 Å². The van der Waals surface area contributed by atoms with Crippen LogP contribution >= 0.6 is 0 Å².